The van der Waals surface area contributed by atoms with Crippen LogP contribution in [0, 0.1) is 18.3 Å². The SMILES string of the molecule is Cc1ccc2[nH]cc(S(=O)(=O)Nc3ccc(C#N)cc3)c2c1. The minimum atomic E-state index is -3.70. The van der Waals surface area contributed by atoms with Crippen LogP contribution in [-0.2, 0) is 10.0 Å². The van der Waals surface area contributed by atoms with Crippen molar-refractivity contribution in [2.24, 2.45) is 0 Å². The summed E-state index contributed by atoms with van der Waals surface area (Å²) in [6.07, 6.45) is 1.48. The fourth-order valence-electron chi connectivity index (χ4n) is 2.25. The predicted molar refractivity (Wildman–Crippen MR) is 85.0 cm³/mol. The van der Waals surface area contributed by atoms with Gasteiger partial charge in [0.25, 0.3) is 10.0 Å². The van der Waals surface area contributed by atoms with E-state index in [0.717, 1.165) is 11.1 Å². The molecular weight excluding hydrogens is 298 g/mol. The minimum Gasteiger partial charge on any atom is -0.360 e. The molecular formula is C16H13N3O2S. The molecule has 0 saturated carbocycles. The average molecular weight is 311 g/mol. The van der Waals surface area contributed by atoms with Crippen molar-refractivity contribution in [3.05, 3.63) is 59.8 Å². The van der Waals surface area contributed by atoms with Crippen molar-refractivity contribution in [1.29, 1.82) is 5.26 Å². The quantitative estimate of drug-likeness (QED) is 0.779. The fraction of sp³-hybridized carbons (Fsp3) is 0.0625. The molecule has 0 fully saturated rings. The summed E-state index contributed by atoms with van der Waals surface area (Å²) in [5.41, 5.74) is 2.65. The van der Waals surface area contributed by atoms with Crippen LogP contribution in [-0.4, -0.2) is 13.4 Å². The topological polar surface area (TPSA) is 85.8 Å². The van der Waals surface area contributed by atoms with Crippen LogP contribution in [0.2, 0.25) is 0 Å². The number of H-pyrrole nitrogens is 1. The standard InChI is InChI=1S/C16H13N3O2S/c1-11-2-7-15-14(8-11)16(10-18-15)22(20,21)19-13-5-3-12(9-17)4-6-13/h2-8,10,18-19H,1H3. The monoisotopic (exact) mass is 311 g/mol. The molecule has 0 unspecified atom stereocenters. The van der Waals surface area contributed by atoms with Crippen molar-refractivity contribution >= 4 is 26.6 Å². The summed E-state index contributed by atoms with van der Waals surface area (Å²) >= 11 is 0. The van der Waals surface area contributed by atoms with Gasteiger partial charge in [-0.15, -0.1) is 0 Å². The van der Waals surface area contributed by atoms with Crippen LogP contribution in [0.25, 0.3) is 10.9 Å². The van der Waals surface area contributed by atoms with Crippen LogP contribution in [0.5, 0.6) is 0 Å². The summed E-state index contributed by atoms with van der Waals surface area (Å²) in [5.74, 6) is 0. The van der Waals surface area contributed by atoms with E-state index in [9.17, 15) is 8.42 Å². The number of nitriles is 1. The van der Waals surface area contributed by atoms with Crippen LogP contribution < -0.4 is 4.72 Å². The molecule has 0 bridgehead atoms. The number of benzene rings is 2. The highest BCUT2D eigenvalue weighted by molar-refractivity contribution is 7.93. The van der Waals surface area contributed by atoms with Crippen molar-refractivity contribution in [3.63, 3.8) is 0 Å². The first kappa shape index (κ1) is 14.2. The number of hydrogen-bond donors (Lipinski definition) is 2. The number of sulfonamides is 1. The molecule has 0 amide bonds. The lowest BCUT2D eigenvalue weighted by atomic mass is 10.2. The van der Waals surface area contributed by atoms with Gasteiger partial charge in [0.2, 0.25) is 0 Å². The Labute approximate surface area is 128 Å². The average Bonchev–Trinajstić information content (AvgIpc) is 2.91. The maximum absolute atomic E-state index is 12.5. The molecule has 1 aromatic heterocycles. The van der Waals surface area contributed by atoms with E-state index >= 15 is 0 Å². The van der Waals surface area contributed by atoms with E-state index in [1.807, 2.05) is 31.2 Å². The molecule has 3 aromatic rings. The summed E-state index contributed by atoms with van der Waals surface area (Å²) in [4.78, 5) is 3.17. The van der Waals surface area contributed by atoms with E-state index in [2.05, 4.69) is 9.71 Å². The Morgan fingerprint density at radius 2 is 1.86 bits per heavy atom. The first-order valence-electron chi connectivity index (χ1n) is 6.60. The van der Waals surface area contributed by atoms with Crippen LogP contribution in [0.1, 0.15) is 11.1 Å². The second kappa shape index (κ2) is 5.20. The first-order chi connectivity index (χ1) is 10.5. The number of fused-ring (bicyclic) bond motifs is 1. The van der Waals surface area contributed by atoms with E-state index in [4.69, 9.17) is 5.26 Å². The summed E-state index contributed by atoms with van der Waals surface area (Å²) in [5, 5.41) is 9.42. The maximum atomic E-state index is 12.5. The molecule has 6 heteroatoms. The number of aromatic nitrogens is 1. The van der Waals surface area contributed by atoms with Crippen LogP contribution in [0.3, 0.4) is 0 Å². The van der Waals surface area contributed by atoms with Gasteiger partial charge in [0.15, 0.2) is 0 Å². The smallest absolute Gasteiger partial charge is 0.264 e. The molecule has 0 aliphatic rings. The normalized spacial score (nSPS) is 11.3. The Morgan fingerprint density at radius 1 is 1.14 bits per heavy atom. The first-order valence-corrected chi connectivity index (χ1v) is 8.09. The van der Waals surface area contributed by atoms with Gasteiger partial charge in [0.05, 0.1) is 11.6 Å². The van der Waals surface area contributed by atoms with E-state index in [1.54, 1.807) is 24.3 Å². The van der Waals surface area contributed by atoms with Crippen molar-refractivity contribution in [1.82, 2.24) is 4.98 Å². The molecule has 0 spiro atoms. The minimum absolute atomic E-state index is 0.204. The van der Waals surface area contributed by atoms with Crippen molar-refractivity contribution < 1.29 is 8.42 Å². The second-order valence-electron chi connectivity index (χ2n) is 5.00. The van der Waals surface area contributed by atoms with Crippen LogP contribution >= 0.6 is 0 Å². The Bertz CT molecular complexity index is 980. The van der Waals surface area contributed by atoms with Gasteiger partial charge in [-0.05, 0) is 43.3 Å². The number of nitrogens with zero attached hydrogens (tertiary/aromatic N) is 1. The molecule has 0 saturated heterocycles. The number of rotatable bonds is 3. The third-order valence-corrected chi connectivity index (χ3v) is 4.78. The lowest BCUT2D eigenvalue weighted by Crippen LogP contribution is -2.12. The number of hydrogen-bond acceptors (Lipinski definition) is 3. The number of aromatic amines is 1. The van der Waals surface area contributed by atoms with Crippen molar-refractivity contribution in [2.45, 2.75) is 11.8 Å². The van der Waals surface area contributed by atoms with E-state index in [0.29, 0.717) is 16.6 Å². The highest BCUT2D eigenvalue weighted by atomic mass is 32.2. The summed E-state index contributed by atoms with van der Waals surface area (Å²) in [6, 6.07) is 13.9. The van der Waals surface area contributed by atoms with E-state index in [1.165, 1.54) is 6.20 Å². The largest absolute Gasteiger partial charge is 0.360 e. The molecule has 2 N–H and O–H groups in total. The molecule has 2 aromatic carbocycles. The van der Waals surface area contributed by atoms with E-state index in [-0.39, 0.29) is 4.90 Å². The third-order valence-electron chi connectivity index (χ3n) is 3.36. The number of aryl methyl sites for hydroxylation is 1. The lowest BCUT2D eigenvalue weighted by molar-refractivity contribution is 0.602. The molecule has 3 rings (SSSR count). The zero-order valence-electron chi connectivity index (χ0n) is 11.8. The summed E-state index contributed by atoms with van der Waals surface area (Å²) in [7, 11) is -3.70. The van der Waals surface area contributed by atoms with Gasteiger partial charge >= 0.3 is 0 Å². The second-order valence-corrected chi connectivity index (χ2v) is 6.65. The lowest BCUT2D eigenvalue weighted by Gasteiger charge is -2.07. The van der Waals surface area contributed by atoms with Crippen molar-refractivity contribution in [3.8, 4) is 6.07 Å². The molecule has 22 heavy (non-hydrogen) atoms. The van der Waals surface area contributed by atoms with Gasteiger partial charge in [-0.1, -0.05) is 11.6 Å². The van der Waals surface area contributed by atoms with Gasteiger partial charge in [-0.25, -0.2) is 8.42 Å². The van der Waals surface area contributed by atoms with Gasteiger partial charge in [0.1, 0.15) is 4.90 Å². The number of anilines is 1. The Hall–Kier alpha value is -2.78. The molecule has 5 nitrogen and oxygen atoms in total. The zero-order valence-corrected chi connectivity index (χ0v) is 12.6. The Morgan fingerprint density at radius 3 is 2.55 bits per heavy atom. The Kier molecular flexibility index (Phi) is 3.35. The highest BCUT2D eigenvalue weighted by Gasteiger charge is 2.19. The fourth-order valence-corrected chi connectivity index (χ4v) is 3.48. The number of nitrogens with one attached hydrogen (secondary N) is 2. The van der Waals surface area contributed by atoms with Crippen LogP contribution in [0.15, 0.2) is 53.6 Å². The van der Waals surface area contributed by atoms with Crippen molar-refractivity contribution in [2.75, 3.05) is 4.72 Å². The zero-order chi connectivity index (χ0) is 15.7. The molecule has 110 valence electrons. The van der Waals surface area contributed by atoms with Gasteiger partial charge < -0.3 is 4.98 Å². The third kappa shape index (κ3) is 2.54. The van der Waals surface area contributed by atoms with E-state index < -0.39 is 10.0 Å². The molecule has 0 atom stereocenters. The summed E-state index contributed by atoms with van der Waals surface area (Å²) in [6.45, 7) is 1.91. The summed E-state index contributed by atoms with van der Waals surface area (Å²) < 4.78 is 27.6. The molecule has 1 heterocycles. The van der Waals surface area contributed by atoms with Gasteiger partial charge in [-0.2, -0.15) is 5.26 Å². The Balaban J connectivity index is 2.01. The predicted octanol–water partition coefficient (Wildman–Crippen LogP) is 3.15. The molecule has 0 aliphatic carbocycles. The van der Waals surface area contributed by atoms with Crippen LogP contribution in [0.4, 0.5) is 5.69 Å². The van der Waals surface area contributed by atoms with Gasteiger partial charge in [0, 0.05) is 22.8 Å². The van der Waals surface area contributed by atoms with Gasteiger partial charge in [-0.3, -0.25) is 4.72 Å². The molecule has 0 aliphatic heterocycles. The highest BCUT2D eigenvalue weighted by Crippen LogP contribution is 2.25. The maximum Gasteiger partial charge on any atom is 0.264 e. The molecule has 0 radical (unpaired) electrons.